The van der Waals surface area contributed by atoms with Crippen LogP contribution in [-0.2, 0) is 0 Å². The molecule has 0 saturated carbocycles. The zero-order valence-corrected chi connectivity index (χ0v) is 11.4. The maximum atomic E-state index is 8.98. The molecule has 0 aliphatic carbocycles. The van der Waals surface area contributed by atoms with Gasteiger partial charge in [0.15, 0.2) is 0 Å². The van der Waals surface area contributed by atoms with Crippen LogP contribution in [0.15, 0.2) is 0 Å². The number of hydrogen-bond acceptors (Lipinski definition) is 3. The monoisotopic (exact) mass is 233 g/mol. The van der Waals surface area contributed by atoms with Crippen LogP contribution in [0.3, 0.4) is 0 Å². The molecule has 0 radical (unpaired) electrons. The van der Waals surface area contributed by atoms with Crippen LogP contribution in [0.5, 0.6) is 0 Å². The van der Waals surface area contributed by atoms with E-state index in [1.54, 1.807) is 0 Å². The maximum absolute atomic E-state index is 8.98. The predicted octanol–water partition coefficient (Wildman–Crippen LogP) is 2.51. The van der Waals surface area contributed by atoms with Crippen molar-refractivity contribution in [3.63, 3.8) is 0 Å². The lowest BCUT2D eigenvalue weighted by Crippen LogP contribution is -2.38. The quantitative estimate of drug-likeness (QED) is 0.642. The Morgan fingerprint density at radius 3 is 2.40 bits per heavy atom. The van der Waals surface area contributed by atoms with Gasteiger partial charge < -0.3 is 10.4 Å². The highest BCUT2D eigenvalue weighted by molar-refractivity contribution is 7.99. The van der Waals surface area contributed by atoms with Gasteiger partial charge in [-0.1, -0.05) is 34.1 Å². The van der Waals surface area contributed by atoms with Gasteiger partial charge in [0.05, 0.1) is 6.61 Å². The SMILES string of the molecule is CCCNC(CSC(C)CO)C(C)CC. The van der Waals surface area contributed by atoms with E-state index in [2.05, 4.69) is 33.0 Å². The molecule has 15 heavy (non-hydrogen) atoms. The summed E-state index contributed by atoms with van der Waals surface area (Å²) in [6.07, 6.45) is 2.41. The lowest BCUT2D eigenvalue weighted by Gasteiger charge is -2.25. The van der Waals surface area contributed by atoms with Crippen molar-refractivity contribution in [2.45, 2.75) is 51.8 Å². The van der Waals surface area contributed by atoms with E-state index in [1.807, 2.05) is 11.8 Å². The molecule has 0 fully saturated rings. The summed E-state index contributed by atoms with van der Waals surface area (Å²) in [6.45, 7) is 10.2. The van der Waals surface area contributed by atoms with Crippen molar-refractivity contribution in [2.24, 2.45) is 5.92 Å². The highest BCUT2D eigenvalue weighted by atomic mass is 32.2. The number of aliphatic hydroxyl groups excluding tert-OH is 1. The minimum atomic E-state index is 0.283. The van der Waals surface area contributed by atoms with E-state index in [4.69, 9.17) is 5.11 Å². The van der Waals surface area contributed by atoms with E-state index in [9.17, 15) is 0 Å². The average molecular weight is 233 g/mol. The smallest absolute Gasteiger partial charge is 0.0547 e. The molecule has 0 saturated heterocycles. The van der Waals surface area contributed by atoms with Crippen LogP contribution < -0.4 is 5.32 Å². The third-order valence-electron chi connectivity index (χ3n) is 2.80. The van der Waals surface area contributed by atoms with E-state index in [0.29, 0.717) is 11.3 Å². The Bertz CT molecular complexity index is 144. The second kappa shape index (κ2) is 9.49. The molecule has 0 rings (SSSR count). The fourth-order valence-corrected chi connectivity index (χ4v) is 2.45. The molecule has 0 aromatic carbocycles. The summed E-state index contributed by atoms with van der Waals surface area (Å²) >= 11 is 1.87. The number of nitrogens with one attached hydrogen (secondary N) is 1. The van der Waals surface area contributed by atoms with Crippen molar-refractivity contribution in [3.05, 3.63) is 0 Å². The lowest BCUT2D eigenvalue weighted by molar-refractivity contribution is 0.299. The number of hydrogen-bond donors (Lipinski definition) is 2. The van der Waals surface area contributed by atoms with E-state index in [-0.39, 0.29) is 6.61 Å². The van der Waals surface area contributed by atoms with E-state index in [1.165, 1.54) is 12.8 Å². The first kappa shape index (κ1) is 15.3. The summed E-state index contributed by atoms with van der Waals surface area (Å²) in [5.74, 6) is 1.83. The third kappa shape index (κ3) is 7.20. The van der Waals surface area contributed by atoms with Gasteiger partial charge in [0, 0.05) is 17.0 Å². The van der Waals surface area contributed by atoms with Gasteiger partial charge in [-0.25, -0.2) is 0 Å². The van der Waals surface area contributed by atoms with E-state index < -0.39 is 0 Å². The van der Waals surface area contributed by atoms with E-state index >= 15 is 0 Å². The van der Waals surface area contributed by atoms with Gasteiger partial charge in [-0.05, 0) is 18.9 Å². The molecule has 0 aliphatic rings. The Morgan fingerprint density at radius 2 is 1.93 bits per heavy atom. The van der Waals surface area contributed by atoms with Gasteiger partial charge >= 0.3 is 0 Å². The van der Waals surface area contributed by atoms with Crippen LogP contribution >= 0.6 is 11.8 Å². The molecular weight excluding hydrogens is 206 g/mol. The van der Waals surface area contributed by atoms with Crippen molar-refractivity contribution in [1.82, 2.24) is 5.32 Å². The Hall–Kier alpha value is 0.270. The molecule has 0 bridgehead atoms. The zero-order valence-electron chi connectivity index (χ0n) is 10.6. The normalized spacial score (nSPS) is 17.4. The Kier molecular flexibility index (Phi) is 9.66. The van der Waals surface area contributed by atoms with Crippen LogP contribution in [0.4, 0.5) is 0 Å². The standard InChI is InChI=1S/C12H27NOS/c1-5-7-13-12(10(3)6-2)9-15-11(4)8-14/h10-14H,5-9H2,1-4H3. The molecule has 0 aromatic rings. The Balaban J connectivity index is 3.89. The van der Waals surface area contributed by atoms with Gasteiger partial charge in [-0.15, -0.1) is 0 Å². The van der Waals surface area contributed by atoms with Crippen molar-refractivity contribution in [2.75, 3.05) is 18.9 Å². The van der Waals surface area contributed by atoms with Gasteiger partial charge in [0.2, 0.25) is 0 Å². The number of rotatable bonds is 9. The highest BCUT2D eigenvalue weighted by Crippen LogP contribution is 2.17. The summed E-state index contributed by atoms with van der Waals surface area (Å²) in [4.78, 5) is 0. The summed E-state index contributed by atoms with van der Waals surface area (Å²) in [7, 11) is 0. The maximum Gasteiger partial charge on any atom is 0.0547 e. The molecule has 0 aromatic heterocycles. The topological polar surface area (TPSA) is 32.3 Å². The Morgan fingerprint density at radius 1 is 1.27 bits per heavy atom. The molecule has 3 unspecified atom stereocenters. The van der Waals surface area contributed by atoms with Crippen molar-refractivity contribution >= 4 is 11.8 Å². The number of thioether (sulfide) groups is 1. The average Bonchev–Trinajstić information content (AvgIpc) is 2.27. The van der Waals surface area contributed by atoms with Gasteiger partial charge in [-0.2, -0.15) is 11.8 Å². The summed E-state index contributed by atoms with van der Waals surface area (Å²) in [5, 5.41) is 12.9. The number of aliphatic hydroxyl groups is 1. The second-order valence-electron chi connectivity index (χ2n) is 4.27. The van der Waals surface area contributed by atoms with Crippen molar-refractivity contribution in [1.29, 1.82) is 0 Å². The predicted molar refractivity (Wildman–Crippen MR) is 70.5 cm³/mol. The van der Waals surface area contributed by atoms with Crippen LogP contribution in [0.2, 0.25) is 0 Å². The molecular formula is C12H27NOS. The molecule has 0 aliphatic heterocycles. The third-order valence-corrected chi connectivity index (χ3v) is 4.07. The van der Waals surface area contributed by atoms with Crippen LogP contribution in [0.25, 0.3) is 0 Å². The van der Waals surface area contributed by atoms with Gasteiger partial charge in [0.1, 0.15) is 0 Å². The summed E-state index contributed by atoms with van der Waals surface area (Å²) in [6, 6.07) is 0.592. The molecule has 2 nitrogen and oxygen atoms in total. The van der Waals surface area contributed by atoms with Crippen molar-refractivity contribution < 1.29 is 5.11 Å². The van der Waals surface area contributed by atoms with Crippen molar-refractivity contribution in [3.8, 4) is 0 Å². The molecule has 3 heteroatoms. The van der Waals surface area contributed by atoms with Gasteiger partial charge in [0.25, 0.3) is 0 Å². The molecule has 3 atom stereocenters. The summed E-state index contributed by atoms with van der Waals surface area (Å²) in [5.41, 5.74) is 0. The van der Waals surface area contributed by atoms with E-state index in [0.717, 1.165) is 18.2 Å². The van der Waals surface area contributed by atoms with Crippen LogP contribution in [0, 0.1) is 5.92 Å². The molecule has 2 N–H and O–H groups in total. The molecule has 92 valence electrons. The zero-order chi connectivity index (χ0) is 11.7. The minimum absolute atomic E-state index is 0.283. The molecule has 0 heterocycles. The minimum Gasteiger partial charge on any atom is -0.395 e. The fraction of sp³-hybridized carbons (Fsp3) is 1.00. The first-order valence-corrected chi connectivity index (χ1v) is 7.16. The van der Waals surface area contributed by atoms with Crippen LogP contribution in [-0.4, -0.2) is 35.3 Å². The van der Waals surface area contributed by atoms with Gasteiger partial charge in [-0.3, -0.25) is 0 Å². The molecule has 0 spiro atoms. The lowest BCUT2D eigenvalue weighted by atomic mass is 10.0. The Labute approximate surface area is 99.2 Å². The first-order valence-electron chi connectivity index (χ1n) is 6.11. The fourth-order valence-electron chi connectivity index (χ4n) is 1.36. The largest absolute Gasteiger partial charge is 0.395 e. The second-order valence-corrected chi connectivity index (χ2v) is 5.74. The summed E-state index contributed by atoms with van der Waals surface area (Å²) < 4.78 is 0. The highest BCUT2D eigenvalue weighted by Gasteiger charge is 2.15. The van der Waals surface area contributed by atoms with Crippen LogP contribution in [0.1, 0.15) is 40.5 Å². The first-order chi connectivity index (χ1) is 7.15. The molecule has 0 amide bonds.